The molecule has 0 spiro atoms. The molecule has 0 fully saturated rings. The van der Waals surface area contributed by atoms with Gasteiger partial charge in [-0.2, -0.15) is 0 Å². The predicted molar refractivity (Wildman–Crippen MR) is 71.2 cm³/mol. The molecule has 0 saturated heterocycles. The highest BCUT2D eigenvalue weighted by atomic mass is 16.3. The van der Waals surface area contributed by atoms with Crippen LogP contribution in [-0.2, 0) is 6.42 Å². The van der Waals surface area contributed by atoms with Crippen LogP contribution in [0.3, 0.4) is 0 Å². The molecule has 4 heteroatoms. The Morgan fingerprint density at radius 3 is 2.82 bits per heavy atom. The van der Waals surface area contributed by atoms with E-state index in [0.29, 0.717) is 5.92 Å². The summed E-state index contributed by atoms with van der Waals surface area (Å²) in [5, 5.41) is 6.52. The SMILES string of the molecule is CCNC(=NCC(C)C)NCCc1ccco1. The van der Waals surface area contributed by atoms with Crippen LogP contribution >= 0.6 is 0 Å². The normalized spacial score (nSPS) is 11.9. The lowest BCUT2D eigenvalue weighted by Gasteiger charge is -2.11. The lowest BCUT2D eigenvalue weighted by atomic mass is 10.2. The summed E-state index contributed by atoms with van der Waals surface area (Å²) in [4.78, 5) is 4.50. The first kappa shape index (κ1) is 13.6. The van der Waals surface area contributed by atoms with Gasteiger partial charge in [-0.1, -0.05) is 13.8 Å². The molecule has 0 saturated carbocycles. The van der Waals surface area contributed by atoms with Crippen LogP contribution in [-0.4, -0.2) is 25.6 Å². The van der Waals surface area contributed by atoms with Crippen LogP contribution in [0.4, 0.5) is 0 Å². The molecule has 1 heterocycles. The number of furan rings is 1. The van der Waals surface area contributed by atoms with Crippen LogP contribution in [0.2, 0.25) is 0 Å². The topological polar surface area (TPSA) is 49.6 Å². The number of hydrogen-bond acceptors (Lipinski definition) is 2. The van der Waals surface area contributed by atoms with Gasteiger partial charge in [0.15, 0.2) is 5.96 Å². The fraction of sp³-hybridized carbons (Fsp3) is 0.615. The molecule has 0 amide bonds. The van der Waals surface area contributed by atoms with Crippen molar-refractivity contribution in [2.24, 2.45) is 10.9 Å². The van der Waals surface area contributed by atoms with E-state index in [9.17, 15) is 0 Å². The second-order valence-electron chi connectivity index (χ2n) is 4.37. The molecule has 0 aliphatic heterocycles. The van der Waals surface area contributed by atoms with Crippen molar-refractivity contribution in [3.63, 3.8) is 0 Å². The van der Waals surface area contributed by atoms with Gasteiger partial charge in [0.05, 0.1) is 6.26 Å². The third kappa shape index (κ3) is 6.00. The molecule has 0 aliphatic carbocycles. The van der Waals surface area contributed by atoms with Gasteiger partial charge in [-0.15, -0.1) is 0 Å². The standard InChI is InChI=1S/C13H23N3O/c1-4-14-13(16-10-11(2)3)15-8-7-12-6-5-9-17-12/h5-6,9,11H,4,7-8,10H2,1-3H3,(H2,14,15,16). The van der Waals surface area contributed by atoms with Gasteiger partial charge in [0.2, 0.25) is 0 Å². The first-order valence-electron chi connectivity index (χ1n) is 6.27. The highest BCUT2D eigenvalue weighted by Gasteiger charge is 1.99. The molecule has 0 bridgehead atoms. The second kappa shape index (κ2) is 7.76. The first-order chi connectivity index (χ1) is 8.22. The maximum Gasteiger partial charge on any atom is 0.191 e. The molecule has 96 valence electrons. The van der Waals surface area contributed by atoms with Crippen LogP contribution in [0.15, 0.2) is 27.8 Å². The predicted octanol–water partition coefficient (Wildman–Crippen LogP) is 2.03. The van der Waals surface area contributed by atoms with Crippen molar-refractivity contribution < 1.29 is 4.42 Å². The largest absolute Gasteiger partial charge is 0.469 e. The summed E-state index contributed by atoms with van der Waals surface area (Å²) >= 11 is 0. The lowest BCUT2D eigenvalue weighted by molar-refractivity contribution is 0.506. The zero-order chi connectivity index (χ0) is 12.5. The number of hydrogen-bond donors (Lipinski definition) is 2. The number of rotatable bonds is 6. The van der Waals surface area contributed by atoms with E-state index in [1.54, 1.807) is 6.26 Å². The first-order valence-corrected chi connectivity index (χ1v) is 6.27. The zero-order valence-corrected chi connectivity index (χ0v) is 11.0. The van der Waals surface area contributed by atoms with Crippen molar-refractivity contribution in [1.82, 2.24) is 10.6 Å². The van der Waals surface area contributed by atoms with Crippen molar-refractivity contribution >= 4 is 5.96 Å². The Labute approximate surface area is 104 Å². The third-order valence-electron chi connectivity index (χ3n) is 2.20. The minimum Gasteiger partial charge on any atom is -0.469 e. The second-order valence-corrected chi connectivity index (χ2v) is 4.37. The van der Waals surface area contributed by atoms with Crippen molar-refractivity contribution in [2.75, 3.05) is 19.6 Å². The molecule has 1 rings (SSSR count). The Morgan fingerprint density at radius 1 is 1.41 bits per heavy atom. The monoisotopic (exact) mass is 237 g/mol. The van der Waals surface area contributed by atoms with Crippen LogP contribution < -0.4 is 10.6 Å². The molecule has 0 aliphatic rings. The summed E-state index contributed by atoms with van der Waals surface area (Å²) < 4.78 is 5.27. The van der Waals surface area contributed by atoms with Crippen molar-refractivity contribution in [3.05, 3.63) is 24.2 Å². The van der Waals surface area contributed by atoms with Gasteiger partial charge in [-0.05, 0) is 25.0 Å². The van der Waals surface area contributed by atoms with E-state index in [2.05, 4.69) is 36.4 Å². The Bertz CT molecular complexity index is 317. The van der Waals surface area contributed by atoms with E-state index in [-0.39, 0.29) is 0 Å². The quantitative estimate of drug-likeness (QED) is 0.588. The minimum atomic E-state index is 0.579. The summed E-state index contributed by atoms with van der Waals surface area (Å²) in [5.41, 5.74) is 0. The van der Waals surface area contributed by atoms with Crippen molar-refractivity contribution in [1.29, 1.82) is 0 Å². The summed E-state index contributed by atoms with van der Waals surface area (Å²) in [6, 6.07) is 3.90. The number of nitrogens with zero attached hydrogens (tertiary/aromatic N) is 1. The average Bonchev–Trinajstić information content (AvgIpc) is 2.78. The molecular weight excluding hydrogens is 214 g/mol. The minimum absolute atomic E-state index is 0.579. The molecule has 17 heavy (non-hydrogen) atoms. The Kier molecular flexibility index (Phi) is 6.22. The molecule has 0 aromatic carbocycles. The third-order valence-corrected chi connectivity index (χ3v) is 2.20. The van der Waals surface area contributed by atoms with E-state index in [4.69, 9.17) is 4.42 Å². The molecule has 4 nitrogen and oxygen atoms in total. The summed E-state index contributed by atoms with van der Waals surface area (Å²) in [5.74, 6) is 2.46. The average molecular weight is 237 g/mol. The Balaban J connectivity index is 2.31. The molecule has 0 radical (unpaired) electrons. The highest BCUT2D eigenvalue weighted by molar-refractivity contribution is 5.79. The van der Waals surface area contributed by atoms with E-state index >= 15 is 0 Å². The molecule has 0 atom stereocenters. The van der Waals surface area contributed by atoms with Gasteiger partial charge >= 0.3 is 0 Å². The maximum atomic E-state index is 5.27. The van der Waals surface area contributed by atoms with Gasteiger partial charge in [0.1, 0.15) is 5.76 Å². The molecule has 1 aromatic rings. The fourth-order valence-electron chi connectivity index (χ4n) is 1.37. The highest BCUT2D eigenvalue weighted by Crippen LogP contribution is 1.99. The van der Waals surface area contributed by atoms with E-state index in [1.165, 1.54) is 0 Å². The van der Waals surface area contributed by atoms with Crippen molar-refractivity contribution in [2.45, 2.75) is 27.2 Å². The van der Waals surface area contributed by atoms with Crippen LogP contribution in [0, 0.1) is 5.92 Å². The van der Waals surface area contributed by atoms with Crippen LogP contribution in [0.25, 0.3) is 0 Å². The van der Waals surface area contributed by atoms with Crippen LogP contribution in [0.5, 0.6) is 0 Å². The smallest absolute Gasteiger partial charge is 0.191 e. The fourth-order valence-corrected chi connectivity index (χ4v) is 1.37. The Morgan fingerprint density at radius 2 is 2.24 bits per heavy atom. The van der Waals surface area contributed by atoms with Gasteiger partial charge in [0.25, 0.3) is 0 Å². The van der Waals surface area contributed by atoms with Gasteiger partial charge in [0, 0.05) is 26.1 Å². The van der Waals surface area contributed by atoms with Crippen molar-refractivity contribution in [3.8, 4) is 0 Å². The van der Waals surface area contributed by atoms with Gasteiger partial charge in [-0.25, -0.2) is 0 Å². The number of nitrogens with one attached hydrogen (secondary N) is 2. The van der Waals surface area contributed by atoms with E-state index in [1.807, 2.05) is 12.1 Å². The summed E-state index contributed by atoms with van der Waals surface area (Å²) in [6.45, 7) is 8.95. The van der Waals surface area contributed by atoms with Gasteiger partial charge in [-0.3, -0.25) is 4.99 Å². The maximum absolute atomic E-state index is 5.27. The number of aliphatic imine (C=N–C) groups is 1. The number of guanidine groups is 1. The van der Waals surface area contributed by atoms with Gasteiger partial charge < -0.3 is 15.1 Å². The molecule has 1 aromatic heterocycles. The summed E-state index contributed by atoms with van der Waals surface area (Å²) in [6.07, 6.45) is 2.58. The summed E-state index contributed by atoms with van der Waals surface area (Å²) in [7, 11) is 0. The molecular formula is C13H23N3O. The Hall–Kier alpha value is -1.45. The van der Waals surface area contributed by atoms with E-state index in [0.717, 1.165) is 37.8 Å². The molecule has 0 unspecified atom stereocenters. The lowest BCUT2D eigenvalue weighted by Crippen LogP contribution is -2.38. The zero-order valence-electron chi connectivity index (χ0n) is 11.0. The van der Waals surface area contributed by atoms with Crippen LogP contribution in [0.1, 0.15) is 26.5 Å². The van der Waals surface area contributed by atoms with E-state index < -0.39 is 0 Å². The molecule has 2 N–H and O–H groups in total.